The molecule has 1 atom stereocenters. The number of anilines is 2. The van der Waals surface area contributed by atoms with E-state index < -0.39 is 0 Å². The van der Waals surface area contributed by atoms with Crippen molar-refractivity contribution >= 4 is 33.2 Å². The SMILES string of the molecule is CCC(Br)CCC(=O)N(c1ccccc1)c1ccccc1. The van der Waals surface area contributed by atoms with Gasteiger partial charge >= 0.3 is 0 Å². The Morgan fingerprint density at radius 3 is 1.90 bits per heavy atom. The molecule has 2 rings (SSSR count). The van der Waals surface area contributed by atoms with Crippen molar-refractivity contribution in [3.05, 3.63) is 60.7 Å². The van der Waals surface area contributed by atoms with Crippen LogP contribution in [0.2, 0.25) is 0 Å². The molecule has 0 aliphatic heterocycles. The van der Waals surface area contributed by atoms with Gasteiger partial charge in [0.25, 0.3) is 0 Å². The lowest BCUT2D eigenvalue weighted by Gasteiger charge is -2.23. The standard InChI is InChI=1S/C18H20BrNO/c1-2-15(19)13-14-18(21)20(16-9-5-3-6-10-16)17-11-7-4-8-12-17/h3-12,15H,2,13-14H2,1H3. The van der Waals surface area contributed by atoms with Gasteiger partial charge in [-0.25, -0.2) is 0 Å². The number of carbonyl (C=O) groups is 1. The van der Waals surface area contributed by atoms with E-state index in [1.165, 1.54) is 0 Å². The van der Waals surface area contributed by atoms with Crippen molar-refractivity contribution in [2.75, 3.05) is 4.90 Å². The quantitative estimate of drug-likeness (QED) is 0.650. The van der Waals surface area contributed by atoms with Gasteiger partial charge in [0.05, 0.1) is 0 Å². The second-order valence-electron chi connectivity index (χ2n) is 4.94. The minimum absolute atomic E-state index is 0.130. The summed E-state index contributed by atoms with van der Waals surface area (Å²) in [5.41, 5.74) is 1.83. The van der Waals surface area contributed by atoms with Crippen LogP contribution in [-0.2, 0) is 4.79 Å². The lowest BCUT2D eigenvalue weighted by Crippen LogP contribution is -2.26. The zero-order valence-electron chi connectivity index (χ0n) is 12.2. The van der Waals surface area contributed by atoms with Gasteiger partial charge in [0.2, 0.25) is 5.91 Å². The first-order chi connectivity index (χ1) is 10.2. The Hall–Kier alpha value is -1.61. The van der Waals surface area contributed by atoms with E-state index in [1.54, 1.807) is 4.90 Å². The fourth-order valence-corrected chi connectivity index (χ4v) is 2.42. The number of benzene rings is 2. The Kier molecular flexibility index (Phi) is 6.00. The largest absolute Gasteiger partial charge is 0.281 e. The van der Waals surface area contributed by atoms with Crippen molar-refractivity contribution in [3.63, 3.8) is 0 Å². The second-order valence-corrected chi connectivity index (χ2v) is 6.24. The summed E-state index contributed by atoms with van der Waals surface area (Å²) in [5.74, 6) is 0.130. The molecule has 3 heteroatoms. The summed E-state index contributed by atoms with van der Waals surface area (Å²) in [6.45, 7) is 2.12. The van der Waals surface area contributed by atoms with E-state index in [4.69, 9.17) is 0 Å². The van der Waals surface area contributed by atoms with Gasteiger partial charge in [0, 0.05) is 22.6 Å². The number of nitrogens with zero attached hydrogens (tertiary/aromatic N) is 1. The summed E-state index contributed by atoms with van der Waals surface area (Å²) in [6, 6.07) is 19.6. The van der Waals surface area contributed by atoms with Gasteiger partial charge in [-0.2, -0.15) is 0 Å². The average molecular weight is 346 g/mol. The minimum atomic E-state index is 0.130. The van der Waals surface area contributed by atoms with Gasteiger partial charge < -0.3 is 0 Å². The van der Waals surface area contributed by atoms with Crippen molar-refractivity contribution in [2.24, 2.45) is 0 Å². The number of halogens is 1. The van der Waals surface area contributed by atoms with Crippen LogP contribution in [0.1, 0.15) is 26.2 Å². The molecule has 21 heavy (non-hydrogen) atoms. The number of hydrogen-bond acceptors (Lipinski definition) is 1. The third-order valence-corrected chi connectivity index (χ3v) is 4.50. The maximum absolute atomic E-state index is 12.7. The molecule has 110 valence electrons. The molecular formula is C18H20BrNO. The van der Waals surface area contributed by atoms with E-state index in [-0.39, 0.29) is 5.91 Å². The van der Waals surface area contributed by atoms with E-state index in [0.717, 1.165) is 24.2 Å². The number of alkyl halides is 1. The molecule has 0 saturated heterocycles. The van der Waals surface area contributed by atoms with Crippen LogP contribution in [0, 0.1) is 0 Å². The van der Waals surface area contributed by atoms with E-state index in [0.29, 0.717) is 11.2 Å². The van der Waals surface area contributed by atoms with Crippen molar-refractivity contribution in [1.82, 2.24) is 0 Å². The van der Waals surface area contributed by atoms with Crippen LogP contribution in [0.5, 0.6) is 0 Å². The van der Waals surface area contributed by atoms with Crippen molar-refractivity contribution < 1.29 is 4.79 Å². The Bertz CT molecular complexity index is 516. The number of para-hydroxylation sites is 2. The normalized spacial score (nSPS) is 11.9. The highest BCUT2D eigenvalue weighted by Crippen LogP contribution is 2.26. The summed E-state index contributed by atoms with van der Waals surface area (Å²) >= 11 is 3.60. The summed E-state index contributed by atoms with van der Waals surface area (Å²) in [6.07, 6.45) is 2.42. The highest BCUT2D eigenvalue weighted by Gasteiger charge is 2.18. The molecule has 1 unspecified atom stereocenters. The molecule has 0 aromatic heterocycles. The third kappa shape index (κ3) is 4.43. The molecule has 0 bridgehead atoms. The summed E-state index contributed by atoms with van der Waals surface area (Å²) in [7, 11) is 0. The topological polar surface area (TPSA) is 20.3 Å². The maximum Gasteiger partial charge on any atom is 0.231 e. The molecule has 0 aliphatic carbocycles. The molecular weight excluding hydrogens is 326 g/mol. The Morgan fingerprint density at radius 2 is 1.48 bits per heavy atom. The fourth-order valence-electron chi connectivity index (χ4n) is 2.19. The van der Waals surface area contributed by atoms with Crippen LogP contribution in [0.15, 0.2) is 60.7 Å². The first-order valence-electron chi connectivity index (χ1n) is 7.29. The molecule has 1 amide bonds. The monoisotopic (exact) mass is 345 g/mol. The zero-order chi connectivity index (χ0) is 15.1. The van der Waals surface area contributed by atoms with E-state index in [1.807, 2.05) is 60.7 Å². The van der Waals surface area contributed by atoms with E-state index in [2.05, 4.69) is 22.9 Å². The minimum Gasteiger partial charge on any atom is -0.281 e. The molecule has 0 heterocycles. The predicted octanol–water partition coefficient (Wildman–Crippen LogP) is 5.31. The van der Waals surface area contributed by atoms with Crippen molar-refractivity contribution in [2.45, 2.75) is 31.0 Å². The first kappa shape index (κ1) is 15.8. The summed E-state index contributed by atoms with van der Waals surface area (Å²) in [4.78, 5) is 14.9. The van der Waals surface area contributed by atoms with Crippen LogP contribution >= 0.6 is 15.9 Å². The molecule has 0 aliphatic rings. The number of amides is 1. The smallest absolute Gasteiger partial charge is 0.231 e. The zero-order valence-corrected chi connectivity index (χ0v) is 13.8. The van der Waals surface area contributed by atoms with Crippen LogP contribution in [0.4, 0.5) is 11.4 Å². The number of hydrogen-bond donors (Lipinski definition) is 0. The van der Waals surface area contributed by atoms with E-state index in [9.17, 15) is 4.79 Å². The molecule has 0 radical (unpaired) electrons. The Labute approximate surface area is 134 Å². The number of carbonyl (C=O) groups excluding carboxylic acids is 1. The van der Waals surface area contributed by atoms with Crippen LogP contribution in [0.3, 0.4) is 0 Å². The molecule has 0 saturated carbocycles. The van der Waals surface area contributed by atoms with Crippen LogP contribution in [0.25, 0.3) is 0 Å². The summed E-state index contributed by atoms with van der Waals surface area (Å²) in [5, 5.41) is 0. The van der Waals surface area contributed by atoms with Gasteiger partial charge in [-0.3, -0.25) is 9.69 Å². The Balaban J connectivity index is 2.23. The molecule has 0 fully saturated rings. The Morgan fingerprint density at radius 1 is 1.00 bits per heavy atom. The van der Waals surface area contributed by atoms with Crippen LogP contribution in [-0.4, -0.2) is 10.7 Å². The van der Waals surface area contributed by atoms with Gasteiger partial charge in [-0.05, 0) is 37.1 Å². The van der Waals surface area contributed by atoms with Crippen molar-refractivity contribution in [3.8, 4) is 0 Å². The molecule has 0 spiro atoms. The van der Waals surface area contributed by atoms with Crippen LogP contribution < -0.4 is 4.90 Å². The second kappa shape index (κ2) is 7.99. The lowest BCUT2D eigenvalue weighted by atomic mass is 10.1. The third-order valence-electron chi connectivity index (χ3n) is 3.39. The summed E-state index contributed by atoms with van der Waals surface area (Å²) < 4.78 is 0. The highest BCUT2D eigenvalue weighted by molar-refractivity contribution is 9.09. The van der Waals surface area contributed by atoms with Gasteiger partial charge in [0.15, 0.2) is 0 Å². The molecule has 0 N–H and O–H groups in total. The molecule has 2 aromatic carbocycles. The molecule has 2 nitrogen and oxygen atoms in total. The van der Waals surface area contributed by atoms with Crippen molar-refractivity contribution in [1.29, 1.82) is 0 Å². The molecule has 2 aromatic rings. The fraction of sp³-hybridized carbons (Fsp3) is 0.278. The van der Waals surface area contributed by atoms with E-state index >= 15 is 0 Å². The predicted molar refractivity (Wildman–Crippen MR) is 92.3 cm³/mol. The first-order valence-corrected chi connectivity index (χ1v) is 8.21. The van der Waals surface area contributed by atoms with Gasteiger partial charge in [-0.1, -0.05) is 59.3 Å². The number of rotatable bonds is 6. The lowest BCUT2D eigenvalue weighted by molar-refractivity contribution is -0.118. The van der Waals surface area contributed by atoms with Gasteiger partial charge in [-0.15, -0.1) is 0 Å². The maximum atomic E-state index is 12.7. The van der Waals surface area contributed by atoms with Gasteiger partial charge in [0.1, 0.15) is 0 Å². The highest BCUT2D eigenvalue weighted by atomic mass is 79.9. The average Bonchev–Trinajstić information content (AvgIpc) is 2.55.